The molecule has 5 nitrogen and oxygen atoms in total. The standard InChI is InChI=1S/C19H37N3O2/c1-15(2)24-12-11-22-9-6-18(7-10-22)21-19(23)13-16(3)17-5-4-8-20-14-17/h15-18,20H,4-14H2,1-3H3,(H,21,23). The van der Waals surface area contributed by atoms with Gasteiger partial charge in [0.1, 0.15) is 0 Å². The van der Waals surface area contributed by atoms with Gasteiger partial charge in [0, 0.05) is 32.1 Å². The van der Waals surface area contributed by atoms with E-state index in [2.05, 4.69) is 36.3 Å². The van der Waals surface area contributed by atoms with Crippen LogP contribution in [-0.2, 0) is 9.53 Å². The van der Waals surface area contributed by atoms with Crippen molar-refractivity contribution < 1.29 is 9.53 Å². The minimum Gasteiger partial charge on any atom is -0.377 e. The Kier molecular flexibility index (Phi) is 8.50. The summed E-state index contributed by atoms with van der Waals surface area (Å²) in [6, 6.07) is 0.358. The van der Waals surface area contributed by atoms with E-state index in [9.17, 15) is 4.79 Å². The Morgan fingerprint density at radius 3 is 2.62 bits per heavy atom. The lowest BCUT2D eigenvalue weighted by Gasteiger charge is -2.33. The van der Waals surface area contributed by atoms with Crippen molar-refractivity contribution >= 4 is 5.91 Å². The van der Waals surface area contributed by atoms with Crippen LogP contribution in [0.5, 0.6) is 0 Å². The molecule has 2 heterocycles. The van der Waals surface area contributed by atoms with E-state index < -0.39 is 0 Å². The molecule has 0 aliphatic carbocycles. The highest BCUT2D eigenvalue weighted by molar-refractivity contribution is 5.76. The molecule has 0 aromatic carbocycles. The molecule has 2 rings (SSSR count). The van der Waals surface area contributed by atoms with E-state index in [0.29, 0.717) is 30.4 Å². The molecule has 0 aromatic rings. The quantitative estimate of drug-likeness (QED) is 0.710. The number of nitrogens with one attached hydrogen (secondary N) is 2. The highest BCUT2D eigenvalue weighted by Crippen LogP contribution is 2.22. The van der Waals surface area contributed by atoms with E-state index in [1.54, 1.807) is 0 Å². The Balaban J connectivity index is 1.59. The summed E-state index contributed by atoms with van der Waals surface area (Å²) in [6.07, 6.45) is 5.62. The van der Waals surface area contributed by atoms with Gasteiger partial charge in [-0.05, 0) is 64.5 Å². The van der Waals surface area contributed by atoms with E-state index >= 15 is 0 Å². The second-order valence-corrected chi connectivity index (χ2v) is 7.89. The molecule has 0 radical (unpaired) electrons. The molecule has 0 aromatic heterocycles. The predicted molar refractivity (Wildman–Crippen MR) is 98.1 cm³/mol. The molecule has 2 unspecified atom stereocenters. The molecule has 2 fully saturated rings. The second-order valence-electron chi connectivity index (χ2n) is 7.89. The average Bonchev–Trinajstić information content (AvgIpc) is 2.57. The summed E-state index contributed by atoms with van der Waals surface area (Å²) >= 11 is 0. The van der Waals surface area contributed by atoms with E-state index in [-0.39, 0.29) is 5.91 Å². The third-order valence-electron chi connectivity index (χ3n) is 5.46. The molecule has 2 saturated heterocycles. The number of piperidine rings is 2. The summed E-state index contributed by atoms with van der Waals surface area (Å²) in [5, 5.41) is 6.72. The number of hydrogen-bond acceptors (Lipinski definition) is 4. The van der Waals surface area contributed by atoms with Gasteiger partial charge in [0.15, 0.2) is 0 Å². The van der Waals surface area contributed by atoms with Crippen molar-refractivity contribution in [3.05, 3.63) is 0 Å². The number of carbonyl (C=O) groups excluding carboxylic acids is 1. The highest BCUT2D eigenvalue weighted by atomic mass is 16.5. The van der Waals surface area contributed by atoms with E-state index in [0.717, 1.165) is 52.2 Å². The molecule has 2 N–H and O–H groups in total. The van der Waals surface area contributed by atoms with Gasteiger partial charge in [-0.15, -0.1) is 0 Å². The SMILES string of the molecule is CC(C)OCCN1CCC(NC(=O)CC(C)C2CCCNC2)CC1. The van der Waals surface area contributed by atoms with Crippen LogP contribution >= 0.6 is 0 Å². The van der Waals surface area contributed by atoms with Crippen LogP contribution in [0.2, 0.25) is 0 Å². The third kappa shape index (κ3) is 7.08. The number of nitrogens with zero attached hydrogens (tertiary/aromatic N) is 1. The summed E-state index contributed by atoms with van der Waals surface area (Å²) in [7, 11) is 0. The van der Waals surface area contributed by atoms with E-state index in [1.165, 1.54) is 12.8 Å². The molecule has 0 bridgehead atoms. The van der Waals surface area contributed by atoms with Gasteiger partial charge in [-0.3, -0.25) is 4.79 Å². The maximum absolute atomic E-state index is 12.3. The highest BCUT2D eigenvalue weighted by Gasteiger charge is 2.24. The van der Waals surface area contributed by atoms with Crippen molar-refractivity contribution in [2.24, 2.45) is 11.8 Å². The first kappa shape index (κ1) is 19.7. The van der Waals surface area contributed by atoms with Gasteiger partial charge < -0.3 is 20.3 Å². The molecule has 2 aliphatic rings. The number of rotatable bonds is 8. The Morgan fingerprint density at radius 2 is 2.00 bits per heavy atom. The zero-order valence-electron chi connectivity index (χ0n) is 15.9. The van der Waals surface area contributed by atoms with Crippen molar-refractivity contribution in [3.8, 4) is 0 Å². The Hall–Kier alpha value is -0.650. The molecule has 24 heavy (non-hydrogen) atoms. The summed E-state index contributed by atoms with van der Waals surface area (Å²) in [4.78, 5) is 14.8. The fourth-order valence-corrected chi connectivity index (χ4v) is 3.83. The number of ether oxygens (including phenoxy) is 1. The fourth-order valence-electron chi connectivity index (χ4n) is 3.83. The number of likely N-dealkylation sites (tertiary alicyclic amines) is 1. The number of carbonyl (C=O) groups is 1. The Bertz CT molecular complexity index is 362. The van der Waals surface area contributed by atoms with Crippen LogP contribution in [0.25, 0.3) is 0 Å². The summed E-state index contributed by atoms with van der Waals surface area (Å²) in [5.41, 5.74) is 0. The monoisotopic (exact) mass is 339 g/mol. The normalized spacial score (nSPS) is 24.9. The molecule has 2 aliphatic heterocycles. The molecular formula is C19H37N3O2. The Morgan fingerprint density at radius 1 is 1.25 bits per heavy atom. The topological polar surface area (TPSA) is 53.6 Å². The van der Waals surface area contributed by atoms with Gasteiger partial charge in [-0.25, -0.2) is 0 Å². The van der Waals surface area contributed by atoms with Crippen LogP contribution in [-0.4, -0.2) is 62.3 Å². The lowest BCUT2D eigenvalue weighted by molar-refractivity contribution is -0.123. The zero-order valence-corrected chi connectivity index (χ0v) is 15.9. The third-order valence-corrected chi connectivity index (χ3v) is 5.46. The van der Waals surface area contributed by atoms with E-state index in [4.69, 9.17) is 4.74 Å². The fraction of sp³-hybridized carbons (Fsp3) is 0.947. The minimum atomic E-state index is 0.245. The molecule has 140 valence electrons. The Labute approximate surface area is 147 Å². The van der Waals surface area contributed by atoms with Crippen molar-refractivity contribution in [3.63, 3.8) is 0 Å². The first-order chi connectivity index (χ1) is 11.5. The van der Waals surface area contributed by atoms with Crippen LogP contribution in [0, 0.1) is 11.8 Å². The van der Waals surface area contributed by atoms with Crippen molar-refractivity contribution in [1.29, 1.82) is 0 Å². The van der Waals surface area contributed by atoms with Gasteiger partial charge in [0.25, 0.3) is 0 Å². The summed E-state index contributed by atoms with van der Waals surface area (Å²) in [5.74, 6) is 1.38. The summed E-state index contributed by atoms with van der Waals surface area (Å²) in [6.45, 7) is 12.5. The van der Waals surface area contributed by atoms with Crippen LogP contribution in [0.15, 0.2) is 0 Å². The average molecular weight is 340 g/mol. The molecule has 5 heteroatoms. The lowest BCUT2D eigenvalue weighted by atomic mass is 9.85. The van der Waals surface area contributed by atoms with Gasteiger partial charge in [-0.2, -0.15) is 0 Å². The largest absolute Gasteiger partial charge is 0.377 e. The van der Waals surface area contributed by atoms with Crippen LogP contribution < -0.4 is 10.6 Å². The predicted octanol–water partition coefficient (Wildman–Crippen LogP) is 2.02. The maximum atomic E-state index is 12.3. The van der Waals surface area contributed by atoms with Crippen molar-refractivity contribution in [2.75, 3.05) is 39.3 Å². The van der Waals surface area contributed by atoms with Crippen molar-refractivity contribution in [1.82, 2.24) is 15.5 Å². The first-order valence-electron chi connectivity index (χ1n) is 9.88. The summed E-state index contributed by atoms with van der Waals surface area (Å²) < 4.78 is 5.62. The van der Waals surface area contributed by atoms with Gasteiger partial charge >= 0.3 is 0 Å². The first-order valence-corrected chi connectivity index (χ1v) is 9.88. The lowest BCUT2D eigenvalue weighted by Crippen LogP contribution is -2.46. The van der Waals surface area contributed by atoms with E-state index in [1.807, 2.05) is 0 Å². The van der Waals surface area contributed by atoms with Gasteiger partial charge in [0.2, 0.25) is 5.91 Å². The second kappa shape index (κ2) is 10.4. The van der Waals surface area contributed by atoms with Crippen LogP contribution in [0.4, 0.5) is 0 Å². The molecule has 2 atom stereocenters. The van der Waals surface area contributed by atoms with Crippen LogP contribution in [0.3, 0.4) is 0 Å². The molecule has 0 saturated carbocycles. The minimum absolute atomic E-state index is 0.245. The van der Waals surface area contributed by atoms with Crippen molar-refractivity contribution in [2.45, 2.75) is 65.0 Å². The maximum Gasteiger partial charge on any atom is 0.220 e. The molecular weight excluding hydrogens is 302 g/mol. The molecule has 0 spiro atoms. The van der Waals surface area contributed by atoms with Gasteiger partial charge in [-0.1, -0.05) is 6.92 Å². The van der Waals surface area contributed by atoms with Crippen LogP contribution in [0.1, 0.15) is 52.9 Å². The number of hydrogen-bond donors (Lipinski definition) is 2. The smallest absolute Gasteiger partial charge is 0.220 e. The van der Waals surface area contributed by atoms with Gasteiger partial charge in [0.05, 0.1) is 12.7 Å². The zero-order chi connectivity index (χ0) is 17.4. The number of amides is 1. The molecule has 1 amide bonds.